The van der Waals surface area contributed by atoms with E-state index in [1.807, 2.05) is 44.2 Å². The Morgan fingerprint density at radius 1 is 1.12 bits per heavy atom. The van der Waals surface area contributed by atoms with Gasteiger partial charge < -0.3 is 10.1 Å². The Morgan fingerprint density at radius 2 is 1.82 bits per heavy atom. The summed E-state index contributed by atoms with van der Waals surface area (Å²) in [4.78, 5) is 12.8. The SMILES string of the molecule is CCOc1cc(/C=C(\C#N)C(=O)Nc2ccccc2CC)cc(Br)c1Cc1ccccc1F. The summed E-state index contributed by atoms with van der Waals surface area (Å²) < 4.78 is 20.7. The van der Waals surface area contributed by atoms with Gasteiger partial charge in [0.2, 0.25) is 0 Å². The second-order valence-electron chi connectivity index (χ2n) is 7.32. The molecule has 0 bridgehead atoms. The van der Waals surface area contributed by atoms with E-state index in [9.17, 15) is 14.4 Å². The predicted molar refractivity (Wildman–Crippen MR) is 133 cm³/mol. The largest absolute Gasteiger partial charge is 0.494 e. The highest BCUT2D eigenvalue weighted by molar-refractivity contribution is 9.10. The van der Waals surface area contributed by atoms with Gasteiger partial charge in [0.1, 0.15) is 23.2 Å². The molecule has 33 heavy (non-hydrogen) atoms. The van der Waals surface area contributed by atoms with Gasteiger partial charge in [0.05, 0.1) is 6.61 Å². The number of hydrogen-bond donors (Lipinski definition) is 1. The maximum absolute atomic E-state index is 14.2. The van der Waals surface area contributed by atoms with Crippen LogP contribution >= 0.6 is 15.9 Å². The number of aryl methyl sites for hydroxylation is 1. The van der Waals surface area contributed by atoms with Crippen molar-refractivity contribution in [2.75, 3.05) is 11.9 Å². The third-order valence-electron chi connectivity index (χ3n) is 5.12. The fraction of sp³-hybridized carbons (Fsp3) is 0.185. The molecule has 0 spiro atoms. The van der Waals surface area contributed by atoms with Gasteiger partial charge in [0.15, 0.2) is 0 Å². The Labute approximate surface area is 201 Å². The lowest BCUT2D eigenvalue weighted by molar-refractivity contribution is -0.112. The number of para-hydroxylation sites is 1. The van der Waals surface area contributed by atoms with E-state index in [1.165, 1.54) is 12.1 Å². The van der Waals surface area contributed by atoms with Crippen LogP contribution in [0.1, 0.15) is 36.1 Å². The zero-order valence-electron chi connectivity index (χ0n) is 18.5. The number of ether oxygens (including phenoxy) is 1. The van der Waals surface area contributed by atoms with Crippen LogP contribution in [0.3, 0.4) is 0 Å². The van der Waals surface area contributed by atoms with E-state index in [0.29, 0.717) is 40.1 Å². The van der Waals surface area contributed by atoms with Crippen LogP contribution in [0.4, 0.5) is 10.1 Å². The van der Waals surface area contributed by atoms with E-state index in [4.69, 9.17) is 4.74 Å². The molecular weight excluding hydrogens is 483 g/mol. The van der Waals surface area contributed by atoms with Gasteiger partial charge in [-0.05, 0) is 60.4 Å². The number of nitrogens with one attached hydrogen (secondary N) is 1. The van der Waals surface area contributed by atoms with Crippen LogP contribution in [-0.2, 0) is 17.6 Å². The molecule has 1 amide bonds. The smallest absolute Gasteiger partial charge is 0.266 e. The van der Waals surface area contributed by atoms with Crippen LogP contribution in [0, 0.1) is 17.1 Å². The lowest BCUT2D eigenvalue weighted by Gasteiger charge is -2.14. The van der Waals surface area contributed by atoms with E-state index in [1.54, 1.807) is 30.3 Å². The maximum Gasteiger partial charge on any atom is 0.266 e. The Bertz CT molecular complexity index is 1230. The molecule has 3 aromatic carbocycles. The minimum atomic E-state index is -0.483. The molecule has 0 radical (unpaired) electrons. The third kappa shape index (κ3) is 6.09. The number of halogens is 2. The molecule has 0 aliphatic heterocycles. The van der Waals surface area contributed by atoms with Crippen molar-refractivity contribution in [1.29, 1.82) is 5.26 Å². The summed E-state index contributed by atoms with van der Waals surface area (Å²) in [6, 6.07) is 19.6. The van der Waals surface area contributed by atoms with Crippen molar-refractivity contribution >= 4 is 33.6 Å². The Morgan fingerprint density at radius 3 is 2.48 bits per heavy atom. The number of carbonyl (C=O) groups is 1. The van der Waals surface area contributed by atoms with Crippen LogP contribution in [0.25, 0.3) is 6.08 Å². The third-order valence-corrected chi connectivity index (χ3v) is 5.83. The van der Waals surface area contributed by atoms with Gasteiger partial charge in [-0.3, -0.25) is 4.79 Å². The molecule has 3 aromatic rings. The molecule has 0 aromatic heterocycles. The summed E-state index contributed by atoms with van der Waals surface area (Å²) in [5.74, 6) is -0.204. The number of nitriles is 1. The first kappa shape index (κ1) is 24.2. The molecule has 0 saturated carbocycles. The van der Waals surface area contributed by atoms with Gasteiger partial charge in [-0.25, -0.2) is 4.39 Å². The molecule has 0 aliphatic carbocycles. The Hall–Kier alpha value is -3.43. The highest BCUT2D eigenvalue weighted by Gasteiger charge is 2.15. The van der Waals surface area contributed by atoms with E-state index < -0.39 is 5.91 Å². The normalized spacial score (nSPS) is 11.1. The molecule has 0 unspecified atom stereocenters. The van der Waals surface area contributed by atoms with Crippen molar-refractivity contribution in [3.8, 4) is 11.8 Å². The average Bonchev–Trinajstić information content (AvgIpc) is 2.81. The van der Waals surface area contributed by atoms with Crippen LogP contribution in [0.15, 0.2) is 70.7 Å². The predicted octanol–water partition coefficient (Wildman–Crippen LogP) is 6.69. The summed E-state index contributed by atoms with van der Waals surface area (Å²) in [5, 5.41) is 12.4. The molecule has 3 rings (SSSR count). The van der Waals surface area contributed by atoms with Gasteiger partial charge >= 0.3 is 0 Å². The number of amides is 1. The van der Waals surface area contributed by atoms with Crippen LogP contribution in [-0.4, -0.2) is 12.5 Å². The quantitative estimate of drug-likeness (QED) is 0.273. The Balaban J connectivity index is 1.93. The summed E-state index contributed by atoms with van der Waals surface area (Å²) in [5.41, 5.74) is 3.60. The molecule has 0 atom stereocenters. The first-order valence-electron chi connectivity index (χ1n) is 10.7. The highest BCUT2D eigenvalue weighted by Crippen LogP contribution is 2.33. The lowest BCUT2D eigenvalue weighted by Crippen LogP contribution is -2.14. The van der Waals surface area contributed by atoms with Crippen LogP contribution in [0.5, 0.6) is 5.75 Å². The molecule has 0 saturated heterocycles. The topological polar surface area (TPSA) is 62.1 Å². The fourth-order valence-electron chi connectivity index (χ4n) is 3.46. The standard InChI is InChI=1S/C27H24BrFN2O2/c1-3-19-9-6-8-12-25(19)31-27(32)21(17-30)13-18-14-23(28)22(26(15-18)33-4-2)16-20-10-5-7-11-24(20)29/h5-15H,3-4,16H2,1-2H3,(H,31,32)/b21-13+. The summed E-state index contributed by atoms with van der Waals surface area (Å²) in [6.07, 6.45) is 2.62. The number of rotatable bonds is 8. The first-order chi connectivity index (χ1) is 16.0. The van der Waals surface area contributed by atoms with Gasteiger partial charge in [-0.1, -0.05) is 59.3 Å². The number of benzene rings is 3. The Kier molecular flexibility index (Phi) is 8.39. The molecule has 4 nitrogen and oxygen atoms in total. The summed E-state index contributed by atoms with van der Waals surface area (Å²) in [7, 11) is 0. The van der Waals surface area contributed by atoms with Crippen molar-refractivity contribution < 1.29 is 13.9 Å². The van der Waals surface area contributed by atoms with Gasteiger partial charge in [-0.15, -0.1) is 0 Å². The number of nitrogens with zero attached hydrogens (tertiary/aromatic N) is 1. The zero-order chi connectivity index (χ0) is 23.8. The minimum Gasteiger partial charge on any atom is -0.494 e. The van der Waals surface area contributed by atoms with Crippen LogP contribution < -0.4 is 10.1 Å². The van der Waals surface area contributed by atoms with E-state index >= 15 is 0 Å². The molecule has 0 aliphatic rings. The molecule has 1 N–H and O–H groups in total. The van der Waals surface area contributed by atoms with Gasteiger partial charge in [0, 0.05) is 22.1 Å². The number of anilines is 1. The first-order valence-corrected chi connectivity index (χ1v) is 11.5. The summed E-state index contributed by atoms with van der Waals surface area (Å²) in [6.45, 7) is 4.29. The molecule has 0 fully saturated rings. The monoisotopic (exact) mass is 506 g/mol. The van der Waals surface area contributed by atoms with Crippen molar-refractivity contribution in [2.24, 2.45) is 0 Å². The maximum atomic E-state index is 14.2. The molecular formula is C27H24BrFN2O2. The summed E-state index contributed by atoms with van der Waals surface area (Å²) >= 11 is 3.56. The van der Waals surface area contributed by atoms with E-state index in [2.05, 4.69) is 21.2 Å². The van der Waals surface area contributed by atoms with Crippen LogP contribution in [0.2, 0.25) is 0 Å². The number of carbonyl (C=O) groups excluding carboxylic acids is 1. The fourth-order valence-corrected chi connectivity index (χ4v) is 4.06. The van der Waals surface area contributed by atoms with Crippen molar-refractivity contribution in [1.82, 2.24) is 0 Å². The van der Waals surface area contributed by atoms with E-state index in [0.717, 1.165) is 17.5 Å². The molecule has 168 valence electrons. The minimum absolute atomic E-state index is 0.0305. The second kappa shape index (κ2) is 11.4. The molecule has 0 heterocycles. The van der Waals surface area contributed by atoms with Gasteiger partial charge in [0.25, 0.3) is 5.91 Å². The zero-order valence-corrected chi connectivity index (χ0v) is 20.1. The lowest BCUT2D eigenvalue weighted by atomic mass is 10.0. The van der Waals surface area contributed by atoms with Gasteiger partial charge in [-0.2, -0.15) is 5.26 Å². The molecule has 6 heteroatoms. The second-order valence-corrected chi connectivity index (χ2v) is 8.17. The van der Waals surface area contributed by atoms with Crippen molar-refractivity contribution in [3.05, 3.63) is 98.8 Å². The van der Waals surface area contributed by atoms with Crippen molar-refractivity contribution in [3.63, 3.8) is 0 Å². The van der Waals surface area contributed by atoms with E-state index in [-0.39, 0.29) is 11.4 Å². The van der Waals surface area contributed by atoms with Crippen molar-refractivity contribution in [2.45, 2.75) is 26.7 Å². The number of hydrogen-bond acceptors (Lipinski definition) is 3. The highest BCUT2D eigenvalue weighted by atomic mass is 79.9. The average molecular weight is 507 g/mol.